The SMILES string of the molecule is CCc1nn(C)cc1-n1cc(C(Br)CC)nn1. The molecule has 17 heavy (non-hydrogen) atoms. The van der Waals surface area contributed by atoms with Crippen LogP contribution in [0.3, 0.4) is 0 Å². The normalized spacial score (nSPS) is 12.9. The summed E-state index contributed by atoms with van der Waals surface area (Å²) in [6.07, 6.45) is 5.80. The van der Waals surface area contributed by atoms with E-state index < -0.39 is 0 Å². The fraction of sp³-hybridized carbons (Fsp3) is 0.545. The third-order valence-corrected chi connectivity index (χ3v) is 3.77. The van der Waals surface area contributed by atoms with Gasteiger partial charge in [0.15, 0.2) is 0 Å². The van der Waals surface area contributed by atoms with Crippen molar-refractivity contribution in [2.24, 2.45) is 7.05 Å². The molecule has 2 rings (SSSR count). The molecule has 0 N–H and O–H groups in total. The average Bonchev–Trinajstić information content (AvgIpc) is 2.93. The number of aryl methyl sites for hydroxylation is 2. The van der Waals surface area contributed by atoms with Crippen molar-refractivity contribution in [2.75, 3.05) is 0 Å². The van der Waals surface area contributed by atoms with Crippen LogP contribution in [-0.4, -0.2) is 24.8 Å². The Labute approximate surface area is 109 Å². The molecule has 2 aromatic heterocycles. The molecule has 92 valence electrons. The molecular weight excluding hydrogens is 282 g/mol. The molecule has 0 spiro atoms. The lowest BCUT2D eigenvalue weighted by molar-refractivity contribution is 0.746. The molecule has 1 atom stereocenters. The molecule has 0 bridgehead atoms. The highest BCUT2D eigenvalue weighted by molar-refractivity contribution is 9.09. The highest BCUT2D eigenvalue weighted by Gasteiger charge is 2.13. The van der Waals surface area contributed by atoms with Crippen LogP contribution >= 0.6 is 15.9 Å². The molecular formula is C11H16BrN5. The van der Waals surface area contributed by atoms with Gasteiger partial charge < -0.3 is 0 Å². The first-order valence-electron chi connectivity index (χ1n) is 5.74. The Hall–Kier alpha value is -1.17. The first-order chi connectivity index (χ1) is 8.15. The Morgan fingerprint density at radius 1 is 1.35 bits per heavy atom. The van der Waals surface area contributed by atoms with E-state index in [2.05, 4.69) is 45.2 Å². The van der Waals surface area contributed by atoms with E-state index in [-0.39, 0.29) is 4.83 Å². The van der Waals surface area contributed by atoms with Gasteiger partial charge in [-0.05, 0) is 12.8 Å². The third-order valence-electron chi connectivity index (χ3n) is 2.66. The largest absolute Gasteiger partial charge is 0.273 e. The van der Waals surface area contributed by atoms with Crippen LogP contribution in [-0.2, 0) is 13.5 Å². The van der Waals surface area contributed by atoms with Gasteiger partial charge in [0, 0.05) is 7.05 Å². The molecule has 2 aromatic rings. The topological polar surface area (TPSA) is 48.5 Å². The van der Waals surface area contributed by atoms with Crippen molar-refractivity contribution in [3.63, 3.8) is 0 Å². The Morgan fingerprint density at radius 2 is 2.12 bits per heavy atom. The molecule has 1 unspecified atom stereocenters. The molecule has 0 aliphatic carbocycles. The van der Waals surface area contributed by atoms with Crippen LogP contribution < -0.4 is 0 Å². The second-order valence-electron chi connectivity index (χ2n) is 3.95. The Bertz CT molecular complexity index is 502. The summed E-state index contributed by atoms with van der Waals surface area (Å²) in [5, 5.41) is 12.7. The molecule has 0 fully saturated rings. The quantitative estimate of drug-likeness (QED) is 0.814. The molecule has 6 heteroatoms. The lowest BCUT2D eigenvalue weighted by atomic mass is 10.2. The standard InChI is InChI=1S/C11H16BrN5/c1-4-8(12)10-6-17(15-13-10)11-7-16(3)14-9(11)5-2/h6-8H,4-5H2,1-3H3. The highest BCUT2D eigenvalue weighted by atomic mass is 79.9. The first kappa shape index (κ1) is 12.3. The number of hydrogen-bond acceptors (Lipinski definition) is 3. The second kappa shape index (κ2) is 5.00. The summed E-state index contributed by atoms with van der Waals surface area (Å²) in [4.78, 5) is 0.262. The van der Waals surface area contributed by atoms with Gasteiger partial charge in [0.2, 0.25) is 0 Å². The number of aromatic nitrogens is 5. The molecule has 2 heterocycles. The van der Waals surface area contributed by atoms with Gasteiger partial charge in [-0.15, -0.1) is 5.10 Å². The van der Waals surface area contributed by atoms with Gasteiger partial charge in [0.1, 0.15) is 5.69 Å². The fourth-order valence-corrected chi connectivity index (χ4v) is 1.92. The minimum atomic E-state index is 0.262. The van der Waals surface area contributed by atoms with Crippen LogP contribution in [0.4, 0.5) is 0 Å². The second-order valence-corrected chi connectivity index (χ2v) is 5.06. The van der Waals surface area contributed by atoms with E-state index in [1.54, 1.807) is 9.36 Å². The van der Waals surface area contributed by atoms with Crippen LogP contribution in [0.5, 0.6) is 0 Å². The predicted octanol–water partition coefficient (Wildman–Crippen LogP) is 2.41. The van der Waals surface area contributed by atoms with Gasteiger partial charge in [0.05, 0.1) is 28.6 Å². The number of halogens is 1. The molecule has 5 nitrogen and oxygen atoms in total. The minimum Gasteiger partial charge on any atom is -0.273 e. The van der Waals surface area contributed by atoms with Crippen molar-refractivity contribution in [1.29, 1.82) is 0 Å². The van der Waals surface area contributed by atoms with Gasteiger partial charge in [-0.25, -0.2) is 4.68 Å². The van der Waals surface area contributed by atoms with Crippen LogP contribution in [0, 0.1) is 0 Å². The zero-order chi connectivity index (χ0) is 12.4. The summed E-state index contributed by atoms with van der Waals surface area (Å²) in [6, 6.07) is 0. The molecule has 0 aliphatic heterocycles. The number of alkyl halides is 1. The van der Waals surface area contributed by atoms with Crippen molar-refractivity contribution < 1.29 is 0 Å². The van der Waals surface area contributed by atoms with Gasteiger partial charge in [-0.2, -0.15) is 5.10 Å². The summed E-state index contributed by atoms with van der Waals surface area (Å²) >= 11 is 3.57. The maximum absolute atomic E-state index is 4.40. The molecule has 0 saturated heterocycles. The van der Waals surface area contributed by atoms with Gasteiger partial charge >= 0.3 is 0 Å². The molecule has 0 aromatic carbocycles. The van der Waals surface area contributed by atoms with Gasteiger partial charge in [-0.1, -0.05) is 35.0 Å². The molecule has 0 amide bonds. The highest BCUT2D eigenvalue weighted by Crippen LogP contribution is 2.24. The van der Waals surface area contributed by atoms with Crippen molar-refractivity contribution in [1.82, 2.24) is 24.8 Å². The smallest absolute Gasteiger partial charge is 0.107 e. The summed E-state index contributed by atoms with van der Waals surface area (Å²) in [6.45, 7) is 4.20. The number of rotatable bonds is 4. The van der Waals surface area contributed by atoms with E-state index in [4.69, 9.17) is 0 Å². The van der Waals surface area contributed by atoms with Crippen molar-refractivity contribution in [3.8, 4) is 5.69 Å². The number of hydrogen-bond donors (Lipinski definition) is 0. The van der Waals surface area contributed by atoms with E-state index in [0.717, 1.165) is 29.9 Å². The predicted molar refractivity (Wildman–Crippen MR) is 69.5 cm³/mol. The lowest BCUT2D eigenvalue weighted by Gasteiger charge is -1.99. The Kier molecular flexibility index (Phi) is 3.61. The van der Waals surface area contributed by atoms with E-state index in [1.165, 1.54) is 0 Å². The van der Waals surface area contributed by atoms with Crippen molar-refractivity contribution >= 4 is 15.9 Å². The van der Waals surface area contributed by atoms with E-state index in [9.17, 15) is 0 Å². The van der Waals surface area contributed by atoms with Crippen molar-refractivity contribution in [2.45, 2.75) is 31.5 Å². The molecule has 0 radical (unpaired) electrons. The van der Waals surface area contributed by atoms with Gasteiger partial charge in [-0.3, -0.25) is 4.68 Å². The van der Waals surface area contributed by atoms with E-state index in [1.807, 2.05) is 19.4 Å². The van der Waals surface area contributed by atoms with Crippen LogP contribution in [0.1, 0.15) is 36.5 Å². The van der Waals surface area contributed by atoms with Gasteiger partial charge in [0.25, 0.3) is 0 Å². The Balaban J connectivity index is 2.36. The average molecular weight is 298 g/mol. The fourth-order valence-electron chi connectivity index (χ4n) is 1.71. The summed E-state index contributed by atoms with van der Waals surface area (Å²) < 4.78 is 3.60. The van der Waals surface area contributed by atoms with Crippen molar-refractivity contribution in [3.05, 3.63) is 23.8 Å². The first-order valence-corrected chi connectivity index (χ1v) is 6.66. The third kappa shape index (κ3) is 2.41. The maximum atomic E-state index is 4.40. The monoisotopic (exact) mass is 297 g/mol. The number of nitrogens with zero attached hydrogens (tertiary/aromatic N) is 5. The van der Waals surface area contributed by atoms with Crippen LogP contribution in [0.25, 0.3) is 5.69 Å². The lowest BCUT2D eigenvalue weighted by Crippen LogP contribution is -1.97. The summed E-state index contributed by atoms with van der Waals surface area (Å²) in [5.41, 5.74) is 2.99. The van der Waals surface area contributed by atoms with E-state index in [0.29, 0.717) is 0 Å². The minimum absolute atomic E-state index is 0.262. The summed E-state index contributed by atoms with van der Waals surface area (Å²) in [7, 11) is 1.92. The molecule has 0 saturated carbocycles. The zero-order valence-corrected chi connectivity index (χ0v) is 11.8. The Morgan fingerprint density at radius 3 is 2.76 bits per heavy atom. The summed E-state index contributed by atoms with van der Waals surface area (Å²) in [5.74, 6) is 0. The van der Waals surface area contributed by atoms with Crippen LogP contribution in [0.15, 0.2) is 12.4 Å². The zero-order valence-electron chi connectivity index (χ0n) is 10.3. The van der Waals surface area contributed by atoms with Crippen LogP contribution in [0.2, 0.25) is 0 Å². The maximum Gasteiger partial charge on any atom is 0.107 e. The molecule has 0 aliphatic rings. The van der Waals surface area contributed by atoms with E-state index >= 15 is 0 Å².